The number of amides is 1. The molecule has 4 aromatic rings. The van der Waals surface area contributed by atoms with Crippen LogP contribution in [0.2, 0.25) is 0 Å². The molecule has 0 aliphatic rings. The third kappa shape index (κ3) is 3.72. The van der Waals surface area contributed by atoms with Crippen molar-refractivity contribution in [2.24, 2.45) is 0 Å². The molecule has 0 fully saturated rings. The van der Waals surface area contributed by atoms with Crippen LogP contribution in [0.5, 0.6) is 0 Å². The maximum absolute atomic E-state index is 12.4. The van der Waals surface area contributed by atoms with E-state index in [2.05, 4.69) is 65.3 Å². The lowest BCUT2D eigenvalue weighted by molar-refractivity contribution is -0.120. The molecule has 0 bridgehead atoms. The van der Waals surface area contributed by atoms with E-state index in [1.165, 1.54) is 22.0 Å². The second kappa shape index (κ2) is 7.67. The first-order valence-electron chi connectivity index (χ1n) is 9.50. The van der Waals surface area contributed by atoms with Crippen LogP contribution in [0.4, 0.5) is 0 Å². The molecule has 0 saturated heterocycles. The Morgan fingerprint density at radius 2 is 1.67 bits per heavy atom. The molecular formula is C24H24N2O. The van der Waals surface area contributed by atoms with Crippen molar-refractivity contribution in [1.82, 2.24) is 9.88 Å². The van der Waals surface area contributed by atoms with Crippen molar-refractivity contribution in [2.45, 2.75) is 26.3 Å². The van der Waals surface area contributed by atoms with Crippen LogP contribution in [0.15, 0.2) is 72.8 Å². The minimum absolute atomic E-state index is 0.0837. The molecule has 3 nitrogen and oxygen atoms in total. The molecule has 0 unspecified atom stereocenters. The zero-order chi connectivity index (χ0) is 18.6. The van der Waals surface area contributed by atoms with E-state index in [0.717, 1.165) is 23.9 Å². The van der Waals surface area contributed by atoms with E-state index in [0.29, 0.717) is 13.0 Å². The van der Waals surface area contributed by atoms with E-state index in [9.17, 15) is 4.79 Å². The predicted octanol–water partition coefficient (Wildman–Crippen LogP) is 4.85. The van der Waals surface area contributed by atoms with Gasteiger partial charge in [0.1, 0.15) is 0 Å². The second-order valence-corrected chi connectivity index (χ2v) is 7.01. The Morgan fingerprint density at radius 3 is 2.56 bits per heavy atom. The summed E-state index contributed by atoms with van der Waals surface area (Å²) in [7, 11) is 0. The van der Waals surface area contributed by atoms with Crippen molar-refractivity contribution in [1.29, 1.82) is 0 Å². The van der Waals surface area contributed by atoms with Gasteiger partial charge in [0.15, 0.2) is 0 Å². The fourth-order valence-electron chi connectivity index (χ4n) is 3.79. The average Bonchev–Trinajstić information content (AvgIpc) is 3.01. The zero-order valence-electron chi connectivity index (χ0n) is 15.6. The smallest absolute Gasteiger partial charge is 0.224 e. The third-order valence-corrected chi connectivity index (χ3v) is 5.13. The van der Waals surface area contributed by atoms with Crippen LogP contribution in [-0.2, 0) is 17.8 Å². The summed E-state index contributed by atoms with van der Waals surface area (Å²) in [5, 5.41) is 6.68. The van der Waals surface area contributed by atoms with Crippen molar-refractivity contribution in [2.75, 3.05) is 6.54 Å². The lowest BCUT2D eigenvalue weighted by atomic mass is 10.0. The number of benzene rings is 3. The van der Waals surface area contributed by atoms with Crippen LogP contribution in [0.1, 0.15) is 17.7 Å². The van der Waals surface area contributed by atoms with E-state index in [1.807, 2.05) is 24.3 Å². The summed E-state index contributed by atoms with van der Waals surface area (Å²) < 4.78 is 2.33. The van der Waals surface area contributed by atoms with E-state index >= 15 is 0 Å². The summed E-state index contributed by atoms with van der Waals surface area (Å²) in [4.78, 5) is 12.4. The van der Waals surface area contributed by atoms with Crippen molar-refractivity contribution in [3.05, 3.63) is 84.1 Å². The molecule has 1 N–H and O–H groups in total. The molecule has 1 amide bonds. The van der Waals surface area contributed by atoms with Gasteiger partial charge in [-0.05, 0) is 47.2 Å². The van der Waals surface area contributed by atoms with Crippen LogP contribution >= 0.6 is 0 Å². The van der Waals surface area contributed by atoms with Crippen LogP contribution in [0, 0.1) is 6.92 Å². The van der Waals surface area contributed by atoms with Gasteiger partial charge in [-0.1, -0.05) is 60.7 Å². The number of nitrogens with zero attached hydrogens (tertiary/aromatic N) is 1. The van der Waals surface area contributed by atoms with Crippen LogP contribution < -0.4 is 5.32 Å². The number of fused-ring (bicyclic) bond motifs is 2. The standard InChI is InChI=1S/C24H24N2O/c1-18-16-21-9-3-5-13-23(21)26(18)15-7-14-25-24(27)17-20-11-6-10-19-8-2-4-12-22(19)20/h2-6,8-13,16H,7,14-15,17H2,1H3,(H,25,27). The van der Waals surface area contributed by atoms with Gasteiger partial charge in [-0.25, -0.2) is 0 Å². The van der Waals surface area contributed by atoms with E-state index in [-0.39, 0.29) is 5.91 Å². The number of carbonyl (C=O) groups is 1. The van der Waals surface area contributed by atoms with Gasteiger partial charge in [0.2, 0.25) is 5.91 Å². The Labute approximate surface area is 159 Å². The topological polar surface area (TPSA) is 34.0 Å². The summed E-state index contributed by atoms with van der Waals surface area (Å²) in [6.45, 7) is 3.74. The highest BCUT2D eigenvalue weighted by molar-refractivity contribution is 5.90. The summed E-state index contributed by atoms with van der Waals surface area (Å²) in [5.41, 5.74) is 3.60. The number of aryl methyl sites for hydroxylation is 2. The molecule has 0 radical (unpaired) electrons. The largest absolute Gasteiger partial charge is 0.356 e. The van der Waals surface area contributed by atoms with E-state index < -0.39 is 0 Å². The van der Waals surface area contributed by atoms with Gasteiger partial charge in [-0.3, -0.25) is 4.79 Å². The van der Waals surface area contributed by atoms with Crippen molar-refractivity contribution in [3.63, 3.8) is 0 Å². The highest BCUT2D eigenvalue weighted by Crippen LogP contribution is 2.20. The quantitative estimate of drug-likeness (QED) is 0.492. The molecule has 27 heavy (non-hydrogen) atoms. The number of hydrogen-bond acceptors (Lipinski definition) is 1. The molecule has 0 saturated carbocycles. The Kier molecular flexibility index (Phi) is 4.93. The number of hydrogen-bond donors (Lipinski definition) is 1. The monoisotopic (exact) mass is 356 g/mol. The lowest BCUT2D eigenvalue weighted by Gasteiger charge is -2.10. The van der Waals surface area contributed by atoms with E-state index in [1.54, 1.807) is 0 Å². The van der Waals surface area contributed by atoms with Crippen LogP contribution in [0.25, 0.3) is 21.7 Å². The fraction of sp³-hybridized carbons (Fsp3) is 0.208. The van der Waals surface area contributed by atoms with Gasteiger partial charge >= 0.3 is 0 Å². The summed E-state index contributed by atoms with van der Waals surface area (Å²) in [6.07, 6.45) is 1.34. The SMILES string of the molecule is Cc1cc2ccccc2n1CCCNC(=O)Cc1cccc2ccccc12. The molecule has 0 aliphatic carbocycles. The molecule has 3 aromatic carbocycles. The van der Waals surface area contributed by atoms with Crippen molar-refractivity contribution in [3.8, 4) is 0 Å². The highest BCUT2D eigenvalue weighted by atomic mass is 16.1. The van der Waals surface area contributed by atoms with Gasteiger partial charge in [-0.2, -0.15) is 0 Å². The minimum atomic E-state index is 0.0837. The number of carbonyl (C=O) groups excluding carboxylic acids is 1. The number of rotatable bonds is 6. The van der Waals surface area contributed by atoms with Gasteiger partial charge in [0, 0.05) is 24.3 Å². The minimum Gasteiger partial charge on any atom is -0.356 e. The Morgan fingerprint density at radius 1 is 0.926 bits per heavy atom. The predicted molar refractivity (Wildman–Crippen MR) is 112 cm³/mol. The van der Waals surface area contributed by atoms with Gasteiger partial charge in [0.25, 0.3) is 0 Å². The van der Waals surface area contributed by atoms with Gasteiger partial charge in [0.05, 0.1) is 6.42 Å². The molecule has 1 aromatic heterocycles. The molecule has 4 rings (SSSR count). The van der Waals surface area contributed by atoms with Crippen LogP contribution in [-0.4, -0.2) is 17.0 Å². The normalized spacial score (nSPS) is 11.1. The number of nitrogens with one attached hydrogen (secondary N) is 1. The van der Waals surface area contributed by atoms with Gasteiger partial charge in [-0.15, -0.1) is 0 Å². The molecule has 0 aliphatic heterocycles. The summed E-state index contributed by atoms with van der Waals surface area (Å²) in [6, 6.07) is 25.0. The summed E-state index contributed by atoms with van der Waals surface area (Å²) in [5.74, 6) is 0.0837. The van der Waals surface area contributed by atoms with Crippen LogP contribution in [0.3, 0.4) is 0 Å². The Hall–Kier alpha value is -3.07. The second-order valence-electron chi connectivity index (χ2n) is 7.01. The Balaban J connectivity index is 1.34. The highest BCUT2D eigenvalue weighted by Gasteiger charge is 2.07. The maximum Gasteiger partial charge on any atom is 0.224 e. The first-order valence-corrected chi connectivity index (χ1v) is 9.50. The molecular weight excluding hydrogens is 332 g/mol. The maximum atomic E-state index is 12.4. The van der Waals surface area contributed by atoms with E-state index in [4.69, 9.17) is 0 Å². The van der Waals surface area contributed by atoms with Crippen molar-refractivity contribution >= 4 is 27.6 Å². The first-order chi connectivity index (χ1) is 13.2. The average molecular weight is 356 g/mol. The summed E-state index contributed by atoms with van der Waals surface area (Å²) >= 11 is 0. The van der Waals surface area contributed by atoms with Crippen molar-refractivity contribution < 1.29 is 4.79 Å². The Bertz CT molecular complexity index is 1090. The molecule has 1 heterocycles. The molecule has 0 atom stereocenters. The lowest BCUT2D eigenvalue weighted by Crippen LogP contribution is -2.27. The fourth-order valence-corrected chi connectivity index (χ4v) is 3.79. The zero-order valence-corrected chi connectivity index (χ0v) is 15.6. The first kappa shape index (κ1) is 17.3. The molecule has 3 heteroatoms. The van der Waals surface area contributed by atoms with Gasteiger partial charge < -0.3 is 9.88 Å². The number of aromatic nitrogens is 1. The molecule has 0 spiro atoms. The number of para-hydroxylation sites is 1. The third-order valence-electron chi connectivity index (χ3n) is 5.13. The molecule has 136 valence electrons.